The number of Topliss-reactive ketones (excluding diaryl/α,β-unsaturated/α-hetero) is 1. The first-order valence-corrected chi connectivity index (χ1v) is 7.97. The van der Waals surface area contributed by atoms with E-state index in [4.69, 9.17) is 0 Å². The lowest BCUT2D eigenvalue weighted by molar-refractivity contribution is 0.0939. The van der Waals surface area contributed by atoms with Gasteiger partial charge in [-0.3, -0.25) is 4.79 Å². The van der Waals surface area contributed by atoms with Crippen molar-refractivity contribution in [2.75, 3.05) is 0 Å². The van der Waals surface area contributed by atoms with E-state index in [0.717, 1.165) is 12.8 Å². The zero-order valence-electron chi connectivity index (χ0n) is 11.4. The molecule has 4 nitrogen and oxygen atoms in total. The van der Waals surface area contributed by atoms with E-state index in [9.17, 15) is 13.2 Å². The van der Waals surface area contributed by atoms with Gasteiger partial charge in [-0.15, -0.1) is 0 Å². The maximum absolute atomic E-state index is 12.2. The van der Waals surface area contributed by atoms with E-state index < -0.39 is 10.0 Å². The van der Waals surface area contributed by atoms with E-state index in [1.807, 2.05) is 0 Å². The van der Waals surface area contributed by atoms with Crippen molar-refractivity contribution < 1.29 is 13.2 Å². The largest absolute Gasteiger partial charge is 0.294 e. The minimum absolute atomic E-state index is 0.0390. The van der Waals surface area contributed by atoms with Gasteiger partial charge >= 0.3 is 0 Å². The third-order valence-electron chi connectivity index (χ3n) is 3.19. The molecule has 19 heavy (non-hydrogen) atoms. The topological polar surface area (TPSA) is 63.2 Å². The van der Waals surface area contributed by atoms with Crippen LogP contribution in [0.5, 0.6) is 0 Å². The zero-order valence-corrected chi connectivity index (χ0v) is 12.3. The number of carbonyl (C=O) groups is 1. The molecule has 1 aliphatic carbocycles. The monoisotopic (exact) mass is 281 g/mol. The molecule has 1 fully saturated rings. The first-order valence-electron chi connectivity index (χ1n) is 6.48. The molecule has 0 heterocycles. The van der Waals surface area contributed by atoms with Crippen LogP contribution in [0.15, 0.2) is 23.1 Å². The van der Waals surface area contributed by atoms with Gasteiger partial charge in [-0.25, -0.2) is 13.1 Å². The highest BCUT2D eigenvalue weighted by Gasteiger charge is 2.29. The molecule has 0 aromatic heterocycles. The standard InChI is InChI=1S/C14H19NO3S/c1-9(2)14(16)11-5-4-10(3)13(8-11)19(17,18)15-12-6-7-12/h4-5,8-9,12,15H,6-7H2,1-3H3. The molecule has 2 rings (SSSR count). The molecular weight excluding hydrogens is 262 g/mol. The van der Waals surface area contributed by atoms with Crippen molar-refractivity contribution in [2.24, 2.45) is 5.92 Å². The summed E-state index contributed by atoms with van der Waals surface area (Å²) >= 11 is 0. The summed E-state index contributed by atoms with van der Waals surface area (Å²) in [6.45, 7) is 5.35. The minimum atomic E-state index is -3.51. The van der Waals surface area contributed by atoms with Crippen molar-refractivity contribution in [3.8, 4) is 0 Å². The van der Waals surface area contributed by atoms with Gasteiger partial charge < -0.3 is 0 Å². The molecular formula is C14H19NO3S. The summed E-state index contributed by atoms with van der Waals surface area (Å²) in [6, 6.07) is 4.93. The highest BCUT2D eigenvalue weighted by molar-refractivity contribution is 7.89. The van der Waals surface area contributed by atoms with Gasteiger partial charge in [0.25, 0.3) is 0 Å². The molecule has 0 saturated heterocycles. The van der Waals surface area contributed by atoms with E-state index in [2.05, 4.69) is 4.72 Å². The Labute approximate surface area is 114 Å². The summed E-state index contributed by atoms with van der Waals surface area (Å²) in [6.07, 6.45) is 1.78. The van der Waals surface area contributed by atoms with Crippen LogP contribution in [0.4, 0.5) is 0 Å². The van der Waals surface area contributed by atoms with E-state index in [1.54, 1.807) is 32.9 Å². The van der Waals surface area contributed by atoms with Crippen LogP contribution in [-0.4, -0.2) is 20.2 Å². The third-order valence-corrected chi connectivity index (χ3v) is 4.85. The Morgan fingerprint density at radius 2 is 1.95 bits per heavy atom. The van der Waals surface area contributed by atoms with Gasteiger partial charge in [-0.2, -0.15) is 0 Å². The average Bonchev–Trinajstić information content (AvgIpc) is 3.11. The Balaban J connectivity index is 2.39. The molecule has 1 N–H and O–H groups in total. The van der Waals surface area contributed by atoms with Crippen LogP contribution in [0.1, 0.15) is 42.6 Å². The van der Waals surface area contributed by atoms with Crippen LogP contribution in [0.25, 0.3) is 0 Å². The van der Waals surface area contributed by atoms with E-state index >= 15 is 0 Å². The molecule has 0 bridgehead atoms. The van der Waals surface area contributed by atoms with Crippen molar-refractivity contribution in [3.63, 3.8) is 0 Å². The fraction of sp³-hybridized carbons (Fsp3) is 0.500. The lowest BCUT2D eigenvalue weighted by Crippen LogP contribution is -2.26. The molecule has 1 aromatic rings. The van der Waals surface area contributed by atoms with Crippen LogP contribution >= 0.6 is 0 Å². The van der Waals surface area contributed by atoms with Crippen molar-refractivity contribution in [1.29, 1.82) is 0 Å². The van der Waals surface area contributed by atoms with Gasteiger partial charge in [0, 0.05) is 17.5 Å². The van der Waals surface area contributed by atoms with Gasteiger partial charge in [0.2, 0.25) is 10.0 Å². The SMILES string of the molecule is Cc1ccc(C(=O)C(C)C)cc1S(=O)(=O)NC1CC1. The van der Waals surface area contributed by atoms with Crippen LogP contribution in [-0.2, 0) is 10.0 Å². The van der Waals surface area contributed by atoms with Crippen LogP contribution in [0.3, 0.4) is 0 Å². The molecule has 0 unspecified atom stereocenters. The van der Waals surface area contributed by atoms with Crippen molar-refractivity contribution in [3.05, 3.63) is 29.3 Å². The van der Waals surface area contributed by atoms with E-state index in [1.165, 1.54) is 6.07 Å². The summed E-state index contributed by atoms with van der Waals surface area (Å²) in [5, 5.41) is 0. The molecule has 5 heteroatoms. The highest BCUT2D eigenvalue weighted by atomic mass is 32.2. The predicted octanol–water partition coefficient (Wildman–Crippen LogP) is 2.27. The third kappa shape index (κ3) is 3.22. The molecule has 0 radical (unpaired) electrons. The Hall–Kier alpha value is -1.20. The maximum atomic E-state index is 12.2. The summed E-state index contributed by atoms with van der Waals surface area (Å²) in [5.41, 5.74) is 1.12. The lowest BCUT2D eigenvalue weighted by atomic mass is 10.0. The van der Waals surface area contributed by atoms with Crippen molar-refractivity contribution >= 4 is 15.8 Å². The molecule has 0 amide bonds. The van der Waals surface area contributed by atoms with Crippen molar-refractivity contribution in [2.45, 2.75) is 44.6 Å². The quantitative estimate of drug-likeness (QED) is 0.842. The average molecular weight is 281 g/mol. The second kappa shape index (κ2) is 5.06. The van der Waals surface area contributed by atoms with Gasteiger partial charge in [0.05, 0.1) is 4.90 Å². The fourth-order valence-corrected chi connectivity index (χ4v) is 3.44. The van der Waals surface area contributed by atoms with Gasteiger partial charge in [-0.1, -0.05) is 26.0 Å². The number of carbonyl (C=O) groups excluding carboxylic acids is 1. The second-order valence-electron chi connectivity index (χ2n) is 5.39. The number of nitrogens with one attached hydrogen (secondary N) is 1. The molecule has 104 valence electrons. The molecule has 1 aliphatic rings. The van der Waals surface area contributed by atoms with Crippen molar-refractivity contribution in [1.82, 2.24) is 4.72 Å². The smallest absolute Gasteiger partial charge is 0.241 e. The number of ketones is 1. The predicted molar refractivity (Wildman–Crippen MR) is 73.7 cm³/mol. The molecule has 0 spiro atoms. The van der Waals surface area contributed by atoms with Crippen LogP contribution in [0, 0.1) is 12.8 Å². The fourth-order valence-electron chi connectivity index (χ4n) is 1.86. The summed E-state index contributed by atoms with van der Waals surface area (Å²) in [7, 11) is -3.51. The summed E-state index contributed by atoms with van der Waals surface area (Å²) in [4.78, 5) is 12.2. The molecule has 0 atom stereocenters. The Kier molecular flexibility index (Phi) is 3.78. The van der Waals surface area contributed by atoms with Gasteiger partial charge in [0.15, 0.2) is 5.78 Å². The highest BCUT2D eigenvalue weighted by Crippen LogP contribution is 2.24. The molecule has 0 aliphatic heterocycles. The number of benzene rings is 1. The van der Waals surface area contributed by atoms with E-state index in [0.29, 0.717) is 11.1 Å². The summed E-state index contributed by atoms with van der Waals surface area (Å²) < 4.78 is 27.1. The summed E-state index contributed by atoms with van der Waals surface area (Å²) in [5.74, 6) is -0.183. The van der Waals surface area contributed by atoms with E-state index in [-0.39, 0.29) is 22.6 Å². The first-order chi connectivity index (χ1) is 8.81. The lowest BCUT2D eigenvalue weighted by Gasteiger charge is -2.11. The Morgan fingerprint density at radius 1 is 1.32 bits per heavy atom. The Bertz CT molecular complexity index is 601. The van der Waals surface area contributed by atoms with Gasteiger partial charge in [-0.05, 0) is 31.4 Å². The zero-order chi connectivity index (χ0) is 14.2. The molecule has 1 saturated carbocycles. The van der Waals surface area contributed by atoms with Gasteiger partial charge in [0.1, 0.15) is 0 Å². The number of hydrogen-bond donors (Lipinski definition) is 1. The second-order valence-corrected chi connectivity index (χ2v) is 7.08. The number of hydrogen-bond acceptors (Lipinski definition) is 3. The normalized spacial score (nSPS) is 15.8. The van der Waals surface area contributed by atoms with Crippen LogP contribution in [0.2, 0.25) is 0 Å². The maximum Gasteiger partial charge on any atom is 0.241 e. The number of sulfonamides is 1. The molecule has 1 aromatic carbocycles. The number of aryl methyl sites for hydroxylation is 1. The number of rotatable bonds is 5. The van der Waals surface area contributed by atoms with Crippen LogP contribution < -0.4 is 4.72 Å². The first kappa shape index (κ1) is 14.2. The minimum Gasteiger partial charge on any atom is -0.294 e. The Morgan fingerprint density at radius 3 is 2.47 bits per heavy atom.